The van der Waals surface area contributed by atoms with Gasteiger partial charge in [0.25, 0.3) is 0 Å². The molecule has 2 aromatic carbocycles. The Morgan fingerprint density at radius 2 is 1.67 bits per heavy atom. The summed E-state index contributed by atoms with van der Waals surface area (Å²) in [5, 5.41) is 12.9. The molecule has 1 saturated heterocycles. The van der Waals surface area contributed by atoms with Crippen LogP contribution in [0.4, 0.5) is 4.79 Å². The van der Waals surface area contributed by atoms with Gasteiger partial charge in [0.1, 0.15) is 6.61 Å². The van der Waals surface area contributed by atoms with Crippen LogP contribution in [0.3, 0.4) is 0 Å². The highest BCUT2D eigenvalue weighted by atomic mass is 16.6. The van der Waals surface area contributed by atoms with Crippen molar-refractivity contribution < 1.29 is 19.4 Å². The van der Waals surface area contributed by atoms with Gasteiger partial charge in [-0.3, -0.25) is 4.79 Å². The van der Waals surface area contributed by atoms with E-state index in [4.69, 9.17) is 4.74 Å². The zero-order chi connectivity index (χ0) is 19.1. The Bertz CT molecular complexity index is 751. The third-order valence-corrected chi connectivity index (χ3v) is 4.80. The first-order valence-electron chi connectivity index (χ1n) is 9.09. The van der Waals surface area contributed by atoms with Crippen LogP contribution in [-0.2, 0) is 22.7 Å². The number of aliphatic carboxylic acids is 1. The van der Waals surface area contributed by atoms with Gasteiger partial charge in [-0.1, -0.05) is 60.7 Å². The molecule has 2 N–H and O–H groups in total. The summed E-state index contributed by atoms with van der Waals surface area (Å²) in [6.45, 7) is 1.41. The second kappa shape index (κ2) is 9.19. The number of nitrogens with one attached hydrogen (secondary N) is 1. The Kier molecular flexibility index (Phi) is 6.44. The molecule has 6 heteroatoms. The second-order valence-electron chi connectivity index (χ2n) is 6.69. The number of carboxylic acids is 1. The Balaban J connectivity index is 1.53. The molecular weight excluding hydrogens is 344 g/mol. The third kappa shape index (κ3) is 5.31. The Morgan fingerprint density at radius 3 is 2.30 bits per heavy atom. The lowest BCUT2D eigenvalue weighted by atomic mass is 9.92. The minimum absolute atomic E-state index is 0.148. The van der Waals surface area contributed by atoms with E-state index in [9.17, 15) is 14.7 Å². The number of likely N-dealkylation sites (tertiary alicyclic amines) is 1. The summed E-state index contributed by atoms with van der Waals surface area (Å²) in [5.74, 6) is -1.56. The van der Waals surface area contributed by atoms with Gasteiger partial charge in [-0.05, 0) is 17.5 Å². The molecule has 27 heavy (non-hydrogen) atoms. The molecule has 1 heterocycles. The van der Waals surface area contributed by atoms with Gasteiger partial charge in [-0.15, -0.1) is 0 Å². The van der Waals surface area contributed by atoms with Crippen molar-refractivity contribution in [3.05, 3.63) is 71.8 Å². The maximum Gasteiger partial charge on any atom is 0.410 e. The molecule has 3 rings (SSSR count). The summed E-state index contributed by atoms with van der Waals surface area (Å²) < 4.78 is 5.33. The van der Waals surface area contributed by atoms with Crippen molar-refractivity contribution in [3.63, 3.8) is 0 Å². The lowest BCUT2D eigenvalue weighted by Gasteiger charge is -2.36. The molecule has 1 aliphatic heterocycles. The number of piperidine rings is 1. The summed E-state index contributed by atoms with van der Waals surface area (Å²) in [4.78, 5) is 25.5. The normalized spacial score (nSPS) is 19.5. The first-order valence-corrected chi connectivity index (χ1v) is 9.09. The summed E-state index contributed by atoms with van der Waals surface area (Å²) in [5.41, 5.74) is 2.01. The van der Waals surface area contributed by atoms with Gasteiger partial charge < -0.3 is 20.1 Å². The number of nitrogens with zero attached hydrogens (tertiary/aromatic N) is 1. The van der Waals surface area contributed by atoms with Crippen LogP contribution in [0.1, 0.15) is 17.5 Å². The first-order chi connectivity index (χ1) is 13.1. The number of ether oxygens (including phenoxy) is 1. The van der Waals surface area contributed by atoms with Crippen molar-refractivity contribution in [1.82, 2.24) is 10.2 Å². The largest absolute Gasteiger partial charge is 0.481 e. The van der Waals surface area contributed by atoms with E-state index in [1.165, 1.54) is 4.90 Å². The average Bonchev–Trinajstić information content (AvgIpc) is 2.72. The van der Waals surface area contributed by atoms with Crippen LogP contribution in [0.5, 0.6) is 0 Å². The fourth-order valence-corrected chi connectivity index (χ4v) is 3.27. The van der Waals surface area contributed by atoms with Gasteiger partial charge in [-0.25, -0.2) is 4.79 Å². The van der Waals surface area contributed by atoms with Crippen molar-refractivity contribution in [3.8, 4) is 0 Å². The van der Waals surface area contributed by atoms with Gasteiger partial charge in [-0.2, -0.15) is 0 Å². The topological polar surface area (TPSA) is 78.9 Å². The second-order valence-corrected chi connectivity index (χ2v) is 6.69. The molecule has 0 spiro atoms. The van der Waals surface area contributed by atoms with Crippen LogP contribution >= 0.6 is 0 Å². The number of hydrogen-bond donors (Lipinski definition) is 2. The van der Waals surface area contributed by atoms with E-state index in [1.807, 2.05) is 60.7 Å². The van der Waals surface area contributed by atoms with Crippen molar-refractivity contribution in [1.29, 1.82) is 0 Å². The van der Waals surface area contributed by atoms with E-state index in [0.29, 0.717) is 19.5 Å². The SMILES string of the molecule is O=C(O)[C@@H]1CN(C(=O)OCc2ccccc2)CC[C@@H]1NCc1ccccc1. The van der Waals surface area contributed by atoms with E-state index < -0.39 is 18.0 Å². The molecule has 2 aromatic rings. The van der Waals surface area contributed by atoms with Crippen LogP contribution in [0.2, 0.25) is 0 Å². The van der Waals surface area contributed by atoms with Crippen molar-refractivity contribution in [2.45, 2.75) is 25.6 Å². The quantitative estimate of drug-likeness (QED) is 0.820. The number of hydrogen-bond acceptors (Lipinski definition) is 4. The van der Waals surface area contributed by atoms with E-state index in [0.717, 1.165) is 11.1 Å². The molecule has 1 amide bonds. The van der Waals surface area contributed by atoms with Crippen molar-refractivity contribution in [2.24, 2.45) is 5.92 Å². The monoisotopic (exact) mass is 368 g/mol. The summed E-state index contributed by atoms with van der Waals surface area (Å²) in [6.07, 6.45) is 0.108. The Labute approximate surface area is 158 Å². The molecule has 6 nitrogen and oxygen atoms in total. The molecular formula is C21H24N2O4. The van der Waals surface area contributed by atoms with Crippen LogP contribution in [0.25, 0.3) is 0 Å². The molecule has 0 aromatic heterocycles. The number of carboxylic acid groups (broad SMARTS) is 1. The Hall–Kier alpha value is -2.86. The molecule has 1 fully saturated rings. The molecule has 2 atom stereocenters. The number of amides is 1. The van der Waals surface area contributed by atoms with Crippen LogP contribution in [0, 0.1) is 5.92 Å². The number of carbonyl (C=O) groups is 2. The number of rotatable bonds is 6. The van der Waals surface area contributed by atoms with Crippen LogP contribution < -0.4 is 5.32 Å². The third-order valence-electron chi connectivity index (χ3n) is 4.80. The van der Waals surface area contributed by atoms with Crippen LogP contribution in [0.15, 0.2) is 60.7 Å². The van der Waals surface area contributed by atoms with Crippen LogP contribution in [-0.4, -0.2) is 41.2 Å². The number of carbonyl (C=O) groups excluding carboxylic acids is 1. The zero-order valence-corrected chi connectivity index (χ0v) is 15.1. The first kappa shape index (κ1) is 18.9. The van der Waals surface area contributed by atoms with E-state index >= 15 is 0 Å². The lowest BCUT2D eigenvalue weighted by Crippen LogP contribution is -2.53. The fourth-order valence-electron chi connectivity index (χ4n) is 3.27. The summed E-state index contributed by atoms with van der Waals surface area (Å²) >= 11 is 0. The molecule has 1 aliphatic rings. The fraction of sp³-hybridized carbons (Fsp3) is 0.333. The smallest absolute Gasteiger partial charge is 0.410 e. The number of benzene rings is 2. The van der Waals surface area contributed by atoms with Crippen molar-refractivity contribution >= 4 is 12.1 Å². The van der Waals surface area contributed by atoms with E-state index in [2.05, 4.69) is 5.32 Å². The van der Waals surface area contributed by atoms with Gasteiger partial charge in [0.15, 0.2) is 0 Å². The van der Waals surface area contributed by atoms with Gasteiger partial charge in [0.05, 0.1) is 5.92 Å². The molecule has 142 valence electrons. The summed E-state index contributed by atoms with van der Waals surface area (Å²) in [7, 11) is 0. The highest BCUT2D eigenvalue weighted by Gasteiger charge is 2.36. The standard InChI is InChI=1S/C21H24N2O4/c24-20(25)18-14-23(21(26)27-15-17-9-5-2-6-10-17)12-11-19(18)22-13-16-7-3-1-4-8-16/h1-10,18-19,22H,11-15H2,(H,24,25)/t18-,19+/m1/s1. The van der Waals surface area contributed by atoms with Gasteiger partial charge in [0.2, 0.25) is 0 Å². The predicted molar refractivity (Wildman–Crippen MR) is 101 cm³/mol. The van der Waals surface area contributed by atoms with Gasteiger partial charge >= 0.3 is 12.1 Å². The van der Waals surface area contributed by atoms with Gasteiger partial charge in [0, 0.05) is 25.7 Å². The summed E-state index contributed by atoms with van der Waals surface area (Å²) in [6, 6.07) is 19.1. The highest BCUT2D eigenvalue weighted by molar-refractivity contribution is 5.74. The molecule has 0 saturated carbocycles. The maximum atomic E-state index is 12.3. The van der Waals surface area contributed by atoms with E-state index in [1.54, 1.807) is 0 Å². The maximum absolute atomic E-state index is 12.3. The minimum atomic E-state index is -0.902. The minimum Gasteiger partial charge on any atom is -0.481 e. The van der Waals surface area contributed by atoms with E-state index in [-0.39, 0.29) is 19.2 Å². The Morgan fingerprint density at radius 1 is 1.04 bits per heavy atom. The zero-order valence-electron chi connectivity index (χ0n) is 15.1. The van der Waals surface area contributed by atoms with Crippen molar-refractivity contribution in [2.75, 3.05) is 13.1 Å². The lowest BCUT2D eigenvalue weighted by molar-refractivity contribution is -0.144. The molecule has 0 unspecified atom stereocenters. The molecule has 0 radical (unpaired) electrons. The molecule has 0 bridgehead atoms. The average molecular weight is 368 g/mol. The molecule has 0 aliphatic carbocycles. The predicted octanol–water partition coefficient (Wildman–Crippen LogP) is 2.89. The highest BCUT2D eigenvalue weighted by Crippen LogP contribution is 2.19.